The molecule has 1 aliphatic rings. The number of aromatic nitrogens is 3. The van der Waals surface area contributed by atoms with Gasteiger partial charge in [-0.3, -0.25) is 4.99 Å². The van der Waals surface area contributed by atoms with E-state index in [1.165, 1.54) is 22.6 Å². The van der Waals surface area contributed by atoms with Gasteiger partial charge in [0.15, 0.2) is 11.8 Å². The molecular formula is C15H22N6S. The Kier molecular flexibility index (Phi) is 4.72. The Morgan fingerprint density at radius 2 is 2.14 bits per heavy atom. The SMILES string of the molecule is CN=C(NCc1ccc(C)s1)NCc1nnc2n1CCCC2. The van der Waals surface area contributed by atoms with E-state index in [1.54, 1.807) is 18.4 Å². The summed E-state index contributed by atoms with van der Waals surface area (Å²) in [5.41, 5.74) is 0. The lowest BCUT2D eigenvalue weighted by Gasteiger charge is -2.16. The van der Waals surface area contributed by atoms with E-state index in [4.69, 9.17) is 0 Å². The lowest BCUT2D eigenvalue weighted by molar-refractivity contribution is 0.504. The molecule has 0 bridgehead atoms. The predicted molar refractivity (Wildman–Crippen MR) is 89.1 cm³/mol. The van der Waals surface area contributed by atoms with Gasteiger partial charge in [0.05, 0.1) is 13.1 Å². The Morgan fingerprint density at radius 3 is 2.91 bits per heavy atom. The first kappa shape index (κ1) is 15.0. The van der Waals surface area contributed by atoms with Crippen molar-refractivity contribution in [1.82, 2.24) is 25.4 Å². The average molecular weight is 318 g/mol. The second-order valence-electron chi connectivity index (χ2n) is 5.43. The van der Waals surface area contributed by atoms with Crippen molar-refractivity contribution in [2.24, 2.45) is 4.99 Å². The fourth-order valence-corrected chi connectivity index (χ4v) is 3.46. The number of hydrogen-bond acceptors (Lipinski definition) is 4. The van der Waals surface area contributed by atoms with E-state index in [0.29, 0.717) is 6.54 Å². The van der Waals surface area contributed by atoms with Crippen LogP contribution in [0.2, 0.25) is 0 Å². The zero-order valence-corrected chi connectivity index (χ0v) is 13.9. The van der Waals surface area contributed by atoms with Crippen LogP contribution in [-0.2, 0) is 26.1 Å². The first-order valence-electron chi connectivity index (χ1n) is 7.67. The zero-order valence-electron chi connectivity index (χ0n) is 13.1. The minimum Gasteiger partial charge on any atom is -0.352 e. The third-order valence-corrected chi connectivity index (χ3v) is 4.80. The molecule has 3 rings (SSSR count). The number of thiophene rings is 1. The summed E-state index contributed by atoms with van der Waals surface area (Å²) in [6.07, 6.45) is 3.47. The van der Waals surface area contributed by atoms with Gasteiger partial charge in [0.25, 0.3) is 0 Å². The number of rotatable bonds is 4. The van der Waals surface area contributed by atoms with Gasteiger partial charge in [0.1, 0.15) is 5.82 Å². The van der Waals surface area contributed by atoms with Crippen LogP contribution in [0.1, 0.15) is 34.2 Å². The Labute approximate surface area is 134 Å². The van der Waals surface area contributed by atoms with E-state index in [2.05, 4.69) is 49.4 Å². The Balaban J connectivity index is 1.54. The molecule has 22 heavy (non-hydrogen) atoms. The smallest absolute Gasteiger partial charge is 0.191 e. The predicted octanol–water partition coefficient (Wildman–Crippen LogP) is 1.85. The summed E-state index contributed by atoms with van der Waals surface area (Å²) >= 11 is 1.80. The van der Waals surface area contributed by atoms with Crippen molar-refractivity contribution in [2.45, 2.75) is 45.8 Å². The number of hydrogen-bond donors (Lipinski definition) is 2. The number of guanidine groups is 1. The van der Waals surface area contributed by atoms with Gasteiger partial charge in [-0.05, 0) is 31.9 Å². The molecule has 0 saturated heterocycles. The van der Waals surface area contributed by atoms with Crippen molar-refractivity contribution >= 4 is 17.3 Å². The van der Waals surface area contributed by atoms with E-state index < -0.39 is 0 Å². The highest BCUT2D eigenvalue weighted by Gasteiger charge is 2.15. The summed E-state index contributed by atoms with van der Waals surface area (Å²) in [5, 5.41) is 15.2. The third kappa shape index (κ3) is 3.47. The topological polar surface area (TPSA) is 67.1 Å². The fourth-order valence-electron chi connectivity index (χ4n) is 2.63. The van der Waals surface area contributed by atoms with E-state index in [-0.39, 0.29) is 0 Å². The van der Waals surface area contributed by atoms with Gasteiger partial charge in [0, 0.05) is 29.8 Å². The van der Waals surface area contributed by atoms with Crippen LogP contribution in [0.4, 0.5) is 0 Å². The molecule has 0 fully saturated rings. The summed E-state index contributed by atoms with van der Waals surface area (Å²) in [6.45, 7) is 4.59. The van der Waals surface area contributed by atoms with Crippen molar-refractivity contribution in [1.29, 1.82) is 0 Å². The summed E-state index contributed by atoms with van der Waals surface area (Å²) in [4.78, 5) is 6.90. The summed E-state index contributed by atoms with van der Waals surface area (Å²) in [5.74, 6) is 2.89. The molecule has 0 radical (unpaired) electrons. The normalized spacial score (nSPS) is 14.7. The molecule has 118 valence electrons. The molecule has 0 unspecified atom stereocenters. The quantitative estimate of drug-likeness (QED) is 0.667. The minimum atomic E-state index is 0.649. The lowest BCUT2D eigenvalue weighted by atomic mass is 10.2. The van der Waals surface area contributed by atoms with Crippen molar-refractivity contribution in [3.05, 3.63) is 33.5 Å². The van der Waals surface area contributed by atoms with Gasteiger partial charge >= 0.3 is 0 Å². The van der Waals surface area contributed by atoms with Gasteiger partial charge in [0.2, 0.25) is 0 Å². The van der Waals surface area contributed by atoms with Gasteiger partial charge in [-0.2, -0.15) is 0 Å². The molecular weight excluding hydrogens is 296 g/mol. The highest BCUT2D eigenvalue weighted by atomic mass is 32.1. The first-order chi connectivity index (χ1) is 10.8. The highest BCUT2D eigenvalue weighted by Crippen LogP contribution is 2.15. The summed E-state index contributed by atoms with van der Waals surface area (Å²) in [6, 6.07) is 4.29. The van der Waals surface area contributed by atoms with Crippen molar-refractivity contribution in [3.8, 4) is 0 Å². The summed E-state index contributed by atoms with van der Waals surface area (Å²) < 4.78 is 2.23. The molecule has 0 amide bonds. The second kappa shape index (κ2) is 6.91. The van der Waals surface area contributed by atoms with Crippen LogP contribution in [-0.4, -0.2) is 27.8 Å². The Bertz CT molecular complexity index is 657. The van der Waals surface area contributed by atoms with Crippen LogP contribution in [0.25, 0.3) is 0 Å². The molecule has 2 aromatic rings. The first-order valence-corrected chi connectivity index (χ1v) is 8.48. The standard InChI is InChI=1S/C15H22N6S/c1-11-6-7-12(22-11)9-17-15(16-2)18-10-14-20-19-13-5-3-4-8-21(13)14/h6-7H,3-5,8-10H2,1-2H3,(H2,16,17,18). The fraction of sp³-hybridized carbons (Fsp3) is 0.533. The molecule has 7 heteroatoms. The van der Waals surface area contributed by atoms with Crippen LogP contribution in [0.15, 0.2) is 17.1 Å². The molecule has 0 aliphatic carbocycles. The number of aliphatic imine (C=N–C) groups is 1. The molecule has 6 nitrogen and oxygen atoms in total. The lowest BCUT2D eigenvalue weighted by Crippen LogP contribution is -2.37. The van der Waals surface area contributed by atoms with Gasteiger partial charge in [-0.25, -0.2) is 0 Å². The Hall–Kier alpha value is -1.89. The van der Waals surface area contributed by atoms with Crippen LogP contribution in [0.3, 0.4) is 0 Å². The van der Waals surface area contributed by atoms with Gasteiger partial charge in [-0.15, -0.1) is 21.5 Å². The maximum absolute atomic E-state index is 4.30. The number of nitrogens with zero attached hydrogens (tertiary/aromatic N) is 4. The minimum absolute atomic E-state index is 0.649. The maximum Gasteiger partial charge on any atom is 0.191 e. The molecule has 0 atom stereocenters. The van der Waals surface area contributed by atoms with Crippen molar-refractivity contribution < 1.29 is 0 Å². The van der Waals surface area contributed by atoms with Crippen LogP contribution < -0.4 is 10.6 Å². The molecule has 2 N–H and O–H groups in total. The number of fused-ring (bicyclic) bond motifs is 1. The van der Waals surface area contributed by atoms with E-state index in [9.17, 15) is 0 Å². The average Bonchev–Trinajstić information content (AvgIpc) is 3.14. The highest BCUT2D eigenvalue weighted by molar-refractivity contribution is 7.11. The molecule has 2 aromatic heterocycles. The summed E-state index contributed by atoms with van der Waals surface area (Å²) in [7, 11) is 1.79. The van der Waals surface area contributed by atoms with E-state index in [0.717, 1.165) is 37.1 Å². The zero-order chi connectivity index (χ0) is 15.4. The number of aryl methyl sites for hydroxylation is 2. The third-order valence-electron chi connectivity index (χ3n) is 3.80. The largest absolute Gasteiger partial charge is 0.352 e. The molecule has 3 heterocycles. The Morgan fingerprint density at radius 1 is 1.27 bits per heavy atom. The maximum atomic E-state index is 4.30. The molecule has 0 saturated carbocycles. The number of nitrogens with one attached hydrogen (secondary N) is 2. The molecule has 0 spiro atoms. The van der Waals surface area contributed by atoms with Crippen molar-refractivity contribution in [3.63, 3.8) is 0 Å². The van der Waals surface area contributed by atoms with E-state index in [1.807, 2.05) is 0 Å². The van der Waals surface area contributed by atoms with Crippen molar-refractivity contribution in [2.75, 3.05) is 7.05 Å². The van der Waals surface area contributed by atoms with Gasteiger partial charge in [-0.1, -0.05) is 0 Å². The molecule has 0 aromatic carbocycles. The second-order valence-corrected chi connectivity index (χ2v) is 6.81. The van der Waals surface area contributed by atoms with Gasteiger partial charge < -0.3 is 15.2 Å². The van der Waals surface area contributed by atoms with Crippen LogP contribution in [0, 0.1) is 6.92 Å². The van der Waals surface area contributed by atoms with Crippen LogP contribution >= 0.6 is 11.3 Å². The van der Waals surface area contributed by atoms with E-state index >= 15 is 0 Å². The van der Waals surface area contributed by atoms with Crippen LogP contribution in [0.5, 0.6) is 0 Å². The monoisotopic (exact) mass is 318 g/mol. The molecule has 1 aliphatic heterocycles.